The average Bonchev–Trinajstić information content (AvgIpc) is 2.61. The molecule has 3 nitrogen and oxygen atoms in total. The van der Waals surface area contributed by atoms with E-state index < -0.39 is 0 Å². The summed E-state index contributed by atoms with van der Waals surface area (Å²) in [6.07, 6.45) is 0. The molecule has 1 heterocycles. The smallest absolute Gasteiger partial charge is 0.172 e. The minimum Gasteiger partial charge on any atom is -0.381 e. The fourth-order valence-electron chi connectivity index (χ4n) is 1.89. The number of aromatic nitrogens is 1. The van der Waals surface area contributed by atoms with E-state index in [2.05, 4.69) is 32.0 Å². The molecule has 2 aromatic rings. The van der Waals surface area contributed by atoms with Crippen LogP contribution >= 0.6 is 0 Å². The summed E-state index contributed by atoms with van der Waals surface area (Å²) in [5, 5.41) is 3.86. The zero-order valence-corrected chi connectivity index (χ0v) is 9.82. The van der Waals surface area contributed by atoms with Crippen molar-refractivity contribution >= 4 is 5.82 Å². The van der Waals surface area contributed by atoms with Crippen LogP contribution in [-0.2, 0) is 0 Å². The number of nitrogens with two attached hydrogens (primary N) is 1. The van der Waals surface area contributed by atoms with Crippen LogP contribution in [0.15, 0.2) is 28.8 Å². The Bertz CT molecular complexity index is 500. The van der Waals surface area contributed by atoms with Crippen molar-refractivity contribution in [3.05, 3.63) is 35.4 Å². The lowest BCUT2D eigenvalue weighted by Crippen LogP contribution is -1.95. The molecule has 0 saturated carbocycles. The second-order valence-electron chi connectivity index (χ2n) is 4.28. The van der Waals surface area contributed by atoms with Crippen molar-refractivity contribution in [2.24, 2.45) is 0 Å². The van der Waals surface area contributed by atoms with Gasteiger partial charge < -0.3 is 10.3 Å². The number of hydrogen-bond acceptors (Lipinski definition) is 3. The third kappa shape index (κ3) is 1.69. The van der Waals surface area contributed by atoms with E-state index in [1.807, 2.05) is 18.2 Å². The largest absolute Gasteiger partial charge is 0.381 e. The molecule has 0 aliphatic carbocycles. The van der Waals surface area contributed by atoms with Gasteiger partial charge in [0.1, 0.15) is 0 Å². The zero-order valence-electron chi connectivity index (χ0n) is 9.82. The Morgan fingerprint density at radius 1 is 1.25 bits per heavy atom. The topological polar surface area (TPSA) is 52.0 Å². The molecule has 0 spiro atoms. The van der Waals surface area contributed by atoms with Crippen molar-refractivity contribution in [2.45, 2.75) is 26.7 Å². The highest BCUT2D eigenvalue weighted by Gasteiger charge is 2.19. The highest BCUT2D eigenvalue weighted by atomic mass is 16.5. The van der Waals surface area contributed by atoms with E-state index in [1.54, 1.807) is 0 Å². The van der Waals surface area contributed by atoms with Crippen molar-refractivity contribution < 1.29 is 4.52 Å². The van der Waals surface area contributed by atoms with E-state index in [-0.39, 0.29) is 0 Å². The van der Waals surface area contributed by atoms with Crippen LogP contribution in [0.5, 0.6) is 0 Å². The average molecular weight is 216 g/mol. The third-order valence-electron chi connectivity index (χ3n) is 2.72. The summed E-state index contributed by atoms with van der Waals surface area (Å²) >= 11 is 0. The number of nitrogen functional groups attached to an aromatic ring is 1. The number of nitrogens with zero attached hydrogens (tertiary/aromatic N) is 1. The predicted molar refractivity (Wildman–Crippen MR) is 65.2 cm³/mol. The van der Waals surface area contributed by atoms with E-state index in [1.165, 1.54) is 5.56 Å². The second-order valence-corrected chi connectivity index (χ2v) is 4.28. The maximum atomic E-state index is 5.82. The molecule has 84 valence electrons. The third-order valence-corrected chi connectivity index (χ3v) is 2.72. The normalized spacial score (nSPS) is 11.0. The lowest BCUT2D eigenvalue weighted by atomic mass is 9.97. The summed E-state index contributed by atoms with van der Waals surface area (Å²) in [5.74, 6) is 1.60. The van der Waals surface area contributed by atoms with Gasteiger partial charge in [-0.25, -0.2) is 0 Å². The van der Waals surface area contributed by atoms with Crippen LogP contribution < -0.4 is 5.73 Å². The first kappa shape index (κ1) is 10.7. The predicted octanol–water partition coefficient (Wildman–Crippen LogP) is 3.36. The van der Waals surface area contributed by atoms with Gasteiger partial charge in [0.2, 0.25) is 0 Å². The van der Waals surface area contributed by atoms with Crippen LogP contribution in [0.2, 0.25) is 0 Å². The van der Waals surface area contributed by atoms with Crippen LogP contribution in [-0.4, -0.2) is 5.16 Å². The highest BCUT2D eigenvalue weighted by molar-refractivity contribution is 5.69. The summed E-state index contributed by atoms with van der Waals surface area (Å²) < 4.78 is 5.35. The van der Waals surface area contributed by atoms with Gasteiger partial charge in [0.05, 0.1) is 0 Å². The number of aryl methyl sites for hydroxylation is 1. The molecule has 1 aromatic carbocycles. The second kappa shape index (κ2) is 4.00. The molecule has 0 radical (unpaired) electrons. The van der Waals surface area contributed by atoms with E-state index >= 15 is 0 Å². The van der Waals surface area contributed by atoms with Gasteiger partial charge in [0.15, 0.2) is 11.6 Å². The summed E-state index contributed by atoms with van der Waals surface area (Å²) in [7, 11) is 0. The first-order chi connectivity index (χ1) is 7.61. The quantitative estimate of drug-likeness (QED) is 0.837. The van der Waals surface area contributed by atoms with Crippen LogP contribution in [0.4, 0.5) is 5.82 Å². The van der Waals surface area contributed by atoms with Crippen LogP contribution in [0.3, 0.4) is 0 Å². The minimum atomic E-state index is 0.306. The first-order valence-corrected chi connectivity index (χ1v) is 5.42. The van der Waals surface area contributed by atoms with Crippen molar-refractivity contribution in [3.8, 4) is 11.3 Å². The Kier molecular flexibility index (Phi) is 2.69. The molecule has 0 unspecified atom stereocenters. The SMILES string of the molecule is Cc1ccccc1-c1onc(N)c1C(C)C. The summed E-state index contributed by atoms with van der Waals surface area (Å²) in [5.41, 5.74) is 9.05. The summed E-state index contributed by atoms with van der Waals surface area (Å²) in [6, 6.07) is 8.08. The molecule has 0 aliphatic rings. The van der Waals surface area contributed by atoms with Crippen molar-refractivity contribution in [3.63, 3.8) is 0 Å². The van der Waals surface area contributed by atoms with Gasteiger partial charge in [0, 0.05) is 11.1 Å². The van der Waals surface area contributed by atoms with Crippen molar-refractivity contribution in [1.82, 2.24) is 5.16 Å². The molecular formula is C13H16N2O. The molecule has 1 aromatic heterocycles. The van der Waals surface area contributed by atoms with Gasteiger partial charge in [-0.2, -0.15) is 0 Å². The molecule has 16 heavy (non-hydrogen) atoms. The summed E-state index contributed by atoms with van der Waals surface area (Å²) in [4.78, 5) is 0. The Labute approximate surface area is 95.3 Å². The molecule has 0 saturated heterocycles. The zero-order chi connectivity index (χ0) is 11.7. The molecule has 3 heteroatoms. The Morgan fingerprint density at radius 3 is 2.56 bits per heavy atom. The van der Waals surface area contributed by atoms with E-state index in [0.717, 1.165) is 16.9 Å². The van der Waals surface area contributed by atoms with Crippen LogP contribution in [0.25, 0.3) is 11.3 Å². The van der Waals surface area contributed by atoms with Gasteiger partial charge in [-0.05, 0) is 18.4 Å². The molecule has 0 fully saturated rings. The lowest BCUT2D eigenvalue weighted by molar-refractivity contribution is 0.434. The molecular weight excluding hydrogens is 200 g/mol. The number of benzene rings is 1. The molecule has 0 atom stereocenters. The van der Waals surface area contributed by atoms with Crippen molar-refractivity contribution in [2.75, 3.05) is 5.73 Å². The fourth-order valence-corrected chi connectivity index (χ4v) is 1.89. The van der Waals surface area contributed by atoms with Gasteiger partial charge in [0.25, 0.3) is 0 Å². The molecule has 0 bridgehead atoms. The molecule has 2 rings (SSSR count). The van der Waals surface area contributed by atoms with Crippen LogP contribution in [0.1, 0.15) is 30.9 Å². The monoisotopic (exact) mass is 216 g/mol. The van der Waals surface area contributed by atoms with Crippen molar-refractivity contribution in [1.29, 1.82) is 0 Å². The van der Waals surface area contributed by atoms with E-state index in [4.69, 9.17) is 10.3 Å². The summed E-state index contributed by atoms with van der Waals surface area (Å²) in [6.45, 7) is 6.23. The van der Waals surface area contributed by atoms with Gasteiger partial charge in [-0.3, -0.25) is 0 Å². The number of hydrogen-bond donors (Lipinski definition) is 1. The highest BCUT2D eigenvalue weighted by Crippen LogP contribution is 2.34. The molecule has 2 N–H and O–H groups in total. The molecule has 0 amide bonds. The molecule has 0 aliphatic heterocycles. The fraction of sp³-hybridized carbons (Fsp3) is 0.308. The van der Waals surface area contributed by atoms with Gasteiger partial charge in [-0.1, -0.05) is 43.3 Å². The number of anilines is 1. The van der Waals surface area contributed by atoms with Gasteiger partial charge >= 0.3 is 0 Å². The van der Waals surface area contributed by atoms with Crippen LogP contribution in [0, 0.1) is 6.92 Å². The minimum absolute atomic E-state index is 0.306. The first-order valence-electron chi connectivity index (χ1n) is 5.42. The standard InChI is InChI=1S/C13H16N2O/c1-8(2)11-12(16-15-13(11)14)10-7-5-4-6-9(10)3/h4-8H,1-3H3,(H2,14,15). The maximum Gasteiger partial charge on any atom is 0.172 e. The van der Waals surface area contributed by atoms with Gasteiger partial charge in [-0.15, -0.1) is 0 Å². The van der Waals surface area contributed by atoms with E-state index in [0.29, 0.717) is 11.7 Å². The Balaban J connectivity index is 2.61. The Hall–Kier alpha value is -1.77. The lowest BCUT2D eigenvalue weighted by Gasteiger charge is -2.07. The maximum absolute atomic E-state index is 5.82. The van der Waals surface area contributed by atoms with E-state index in [9.17, 15) is 0 Å². The Morgan fingerprint density at radius 2 is 1.94 bits per heavy atom. The number of rotatable bonds is 2.